The molecule has 0 aliphatic carbocycles. The number of carbonyl (C=O) groups is 1. The summed E-state index contributed by atoms with van der Waals surface area (Å²) in [6.45, 7) is 1.94. The lowest BCUT2D eigenvalue weighted by atomic mass is 10.1. The van der Waals surface area contributed by atoms with E-state index in [0.717, 1.165) is 20.7 Å². The predicted molar refractivity (Wildman–Crippen MR) is 69.0 cm³/mol. The summed E-state index contributed by atoms with van der Waals surface area (Å²) in [4.78, 5) is 11.8. The van der Waals surface area contributed by atoms with Gasteiger partial charge in [-0.1, -0.05) is 6.92 Å². The van der Waals surface area contributed by atoms with Crippen molar-refractivity contribution in [2.24, 2.45) is 0 Å². The zero-order valence-corrected chi connectivity index (χ0v) is 10.6. The molecule has 0 spiro atoms. The number of hydrogen-bond donors (Lipinski definition) is 1. The average Bonchev–Trinajstić information content (AvgIpc) is 2.70. The monoisotopic (exact) mass is 250 g/mol. The van der Waals surface area contributed by atoms with Crippen LogP contribution in [-0.4, -0.2) is 18.2 Å². The van der Waals surface area contributed by atoms with Crippen LogP contribution in [0.5, 0.6) is 5.75 Å². The number of methoxy groups -OCH3 is 1. The first-order valence-electron chi connectivity index (χ1n) is 5.39. The van der Waals surface area contributed by atoms with E-state index in [1.807, 2.05) is 25.1 Å². The molecule has 1 aromatic heterocycles. The quantitative estimate of drug-likeness (QED) is 0.903. The molecule has 0 radical (unpaired) electrons. The molecule has 0 aliphatic rings. The summed E-state index contributed by atoms with van der Waals surface area (Å²) in [5.41, 5.74) is 0. The van der Waals surface area contributed by atoms with E-state index < -0.39 is 5.97 Å². The van der Waals surface area contributed by atoms with E-state index in [2.05, 4.69) is 6.07 Å². The van der Waals surface area contributed by atoms with Gasteiger partial charge < -0.3 is 9.84 Å². The Balaban J connectivity index is 2.33. The lowest BCUT2D eigenvalue weighted by Crippen LogP contribution is -2.00. The standard InChI is InChI=1S/C13H14O3S/c1-8(5-13(14)15)11-6-9-3-4-10(16-2)7-12(9)17-11/h3-4,6-8H,5H2,1-2H3,(H,14,15). The lowest BCUT2D eigenvalue weighted by Gasteiger charge is -2.03. The molecule has 17 heavy (non-hydrogen) atoms. The minimum Gasteiger partial charge on any atom is -0.497 e. The van der Waals surface area contributed by atoms with Gasteiger partial charge in [0.05, 0.1) is 13.5 Å². The summed E-state index contributed by atoms with van der Waals surface area (Å²) in [5, 5.41) is 9.93. The van der Waals surface area contributed by atoms with E-state index in [9.17, 15) is 4.79 Å². The maximum absolute atomic E-state index is 10.7. The summed E-state index contributed by atoms with van der Waals surface area (Å²) >= 11 is 1.63. The average molecular weight is 250 g/mol. The second kappa shape index (κ2) is 4.75. The van der Waals surface area contributed by atoms with Crippen molar-refractivity contribution in [1.29, 1.82) is 0 Å². The van der Waals surface area contributed by atoms with Crippen LogP contribution in [0.25, 0.3) is 10.1 Å². The molecule has 0 saturated carbocycles. The van der Waals surface area contributed by atoms with Gasteiger partial charge in [0.25, 0.3) is 0 Å². The Morgan fingerprint density at radius 2 is 2.24 bits per heavy atom. The van der Waals surface area contributed by atoms with Crippen LogP contribution in [0.3, 0.4) is 0 Å². The molecule has 1 N–H and O–H groups in total. The summed E-state index contributed by atoms with van der Waals surface area (Å²) in [5.74, 6) is 0.125. The zero-order valence-electron chi connectivity index (χ0n) is 9.77. The number of ether oxygens (including phenoxy) is 1. The molecule has 0 saturated heterocycles. The predicted octanol–water partition coefficient (Wildman–Crippen LogP) is 3.49. The van der Waals surface area contributed by atoms with Gasteiger partial charge in [0.2, 0.25) is 0 Å². The largest absolute Gasteiger partial charge is 0.497 e. The molecule has 1 heterocycles. The molecule has 1 aromatic carbocycles. The molecular formula is C13H14O3S. The van der Waals surface area contributed by atoms with Crippen molar-refractivity contribution in [3.63, 3.8) is 0 Å². The normalized spacial score (nSPS) is 12.6. The van der Waals surface area contributed by atoms with E-state index in [4.69, 9.17) is 9.84 Å². The number of carboxylic acid groups (broad SMARTS) is 1. The van der Waals surface area contributed by atoms with Crippen LogP contribution in [0, 0.1) is 0 Å². The Bertz CT molecular complexity index is 545. The van der Waals surface area contributed by atoms with Crippen molar-refractivity contribution in [3.8, 4) is 5.75 Å². The fourth-order valence-electron chi connectivity index (χ4n) is 1.76. The first kappa shape index (κ1) is 11.9. The summed E-state index contributed by atoms with van der Waals surface area (Å²) in [6.07, 6.45) is 0.171. The van der Waals surface area contributed by atoms with E-state index >= 15 is 0 Å². The maximum atomic E-state index is 10.7. The molecule has 2 rings (SSSR count). The van der Waals surface area contributed by atoms with Crippen LogP contribution in [0.2, 0.25) is 0 Å². The second-order valence-electron chi connectivity index (χ2n) is 4.05. The molecule has 0 aliphatic heterocycles. The number of fused-ring (bicyclic) bond motifs is 1. The van der Waals surface area contributed by atoms with Crippen molar-refractivity contribution in [2.75, 3.05) is 7.11 Å². The highest BCUT2D eigenvalue weighted by Gasteiger charge is 2.13. The topological polar surface area (TPSA) is 46.5 Å². The van der Waals surface area contributed by atoms with Gasteiger partial charge in [0, 0.05) is 15.5 Å². The van der Waals surface area contributed by atoms with E-state index in [-0.39, 0.29) is 12.3 Å². The third kappa shape index (κ3) is 2.58. The van der Waals surface area contributed by atoms with Crippen LogP contribution in [0.1, 0.15) is 24.1 Å². The van der Waals surface area contributed by atoms with Crippen LogP contribution >= 0.6 is 11.3 Å². The number of thiophene rings is 1. The lowest BCUT2D eigenvalue weighted by molar-refractivity contribution is -0.137. The van der Waals surface area contributed by atoms with Gasteiger partial charge >= 0.3 is 5.97 Å². The van der Waals surface area contributed by atoms with E-state index in [0.29, 0.717) is 0 Å². The number of hydrogen-bond acceptors (Lipinski definition) is 3. The highest BCUT2D eigenvalue weighted by Crippen LogP contribution is 2.34. The van der Waals surface area contributed by atoms with Crippen LogP contribution in [0.4, 0.5) is 0 Å². The minimum absolute atomic E-state index is 0.0518. The molecule has 1 atom stereocenters. The fourth-order valence-corrected chi connectivity index (χ4v) is 2.91. The van der Waals surface area contributed by atoms with Gasteiger partial charge in [-0.2, -0.15) is 0 Å². The first-order valence-corrected chi connectivity index (χ1v) is 6.21. The van der Waals surface area contributed by atoms with E-state index in [1.54, 1.807) is 18.4 Å². The third-order valence-corrected chi connectivity index (χ3v) is 4.04. The first-order chi connectivity index (χ1) is 8.10. The number of aliphatic carboxylic acids is 1. The van der Waals surface area contributed by atoms with Gasteiger partial charge in [-0.3, -0.25) is 4.79 Å². The van der Waals surface area contributed by atoms with Crippen molar-refractivity contribution in [3.05, 3.63) is 29.1 Å². The van der Waals surface area contributed by atoms with Crippen molar-refractivity contribution < 1.29 is 14.6 Å². The summed E-state index contributed by atoms with van der Waals surface area (Å²) < 4.78 is 6.30. The van der Waals surface area contributed by atoms with Gasteiger partial charge in [0.15, 0.2) is 0 Å². The number of benzene rings is 1. The van der Waals surface area contributed by atoms with Crippen molar-refractivity contribution in [1.82, 2.24) is 0 Å². The number of carboxylic acids is 1. The van der Waals surface area contributed by atoms with Gasteiger partial charge in [-0.25, -0.2) is 0 Å². The smallest absolute Gasteiger partial charge is 0.303 e. The molecule has 0 fully saturated rings. The Morgan fingerprint density at radius 3 is 2.88 bits per heavy atom. The Morgan fingerprint density at radius 1 is 1.47 bits per heavy atom. The molecule has 2 aromatic rings. The van der Waals surface area contributed by atoms with Crippen molar-refractivity contribution in [2.45, 2.75) is 19.3 Å². The minimum atomic E-state index is -0.757. The highest BCUT2D eigenvalue weighted by atomic mass is 32.1. The van der Waals surface area contributed by atoms with Gasteiger partial charge in [0.1, 0.15) is 5.75 Å². The SMILES string of the molecule is COc1ccc2cc(C(C)CC(=O)O)sc2c1. The molecule has 90 valence electrons. The van der Waals surface area contributed by atoms with Crippen LogP contribution in [0.15, 0.2) is 24.3 Å². The molecular weight excluding hydrogens is 236 g/mol. The number of rotatable bonds is 4. The molecule has 3 nitrogen and oxygen atoms in total. The highest BCUT2D eigenvalue weighted by molar-refractivity contribution is 7.19. The van der Waals surface area contributed by atoms with Crippen molar-refractivity contribution >= 4 is 27.4 Å². The van der Waals surface area contributed by atoms with Gasteiger partial charge in [-0.05, 0) is 29.7 Å². The maximum Gasteiger partial charge on any atom is 0.303 e. The summed E-state index contributed by atoms with van der Waals surface area (Å²) in [6, 6.07) is 7.96. The fraction of sp³-hybridized carbons (Fsp3) is 0.308. The Kier molecular flexibility index (Phi) is 3.33. The Labute approximate surface area is 104 Å². The van der Waals surface area contributed by atoms with E-state index in [1.165, 1.54) is 0 Å². The molecule has 0 amide bonds. The zero-order chi connectivity index (χ0) is 12.4. The Hall–Kier alpha value is -1.55. The van der Waals surface area contributed by atoms with Crippen LogP contribution in [-0.2, 0) is 4.79 Å². The molecule has 0 bridgehead atoms. The third-order valence-electron chi connectivity index (χ3n) is 2.71. The van der Waals surface area contributed by atoms with Crippen LogP contribution < -0.4 is 4.74 Å². The van der Waals surface area contributed by atoms with Gasteiger partial charge in [-0.15, -0.1) is 11.3 Å². The summed E-state index contributed by atoms with van der Waals surface area (Å²) in [7, 11) is 1.64. The molecule has 4 heteroatoms. The second-order valence-corrected chi connectivity index (χ2v) is 5.17. The molecule has 1 unspecified atom stereocenters.